The molecule has 1 aromatic heterocycles. The molecule has 3 heterocycles. The SMILES string of the molecule is CCc1ccc2oc(=O)cc(CN3CCC4(CC3)COC(=O)O4)c2c1. The van der Waals surface area contributed by atoms with Gasteiger partial charge in [-0.15, -0.1) is 0 Å². The summed E-state index contributed by atoms with van der Waals surface area (Å²) in [5.41, 5.74) is 2.05. The van der Waals surface area contributed by atoms with E-state index in [1.54, 1.807) is 6.07 Å². The van der Waals surface area contributed by atoms with Crippen molar-refractivity contribution in [2.24, 2.45) is 0 Å². The lowest BCUT2D eigenvalue weighted by atomic mass is 9.92. The standard InChI is InChI=1S/C19H21NO5/c1-2-13-3-4-16-15(9-13)14(10-17(21)24-16)11-20-7-5-19(6-8-20)12-23-18(22)25-19/h3-4,9-10H,2,5-8,11-12H2,1H3. The van der Waals surface area contributed by atoms with Crippen molar-refractivity contribution in [1.82, 2.24) is 4.90 Å². The minimum absolute atomic E-state index is 0.321. The maximum Gasteiger partial charge on any atom is 0.509 e. The second-order valence-electron chi connectivity index (χ2n) is 6.87. The van der Waals surface area contributed by atoms with Gasteiger partial charge >= 0.3 is 11.8 Å². The Hall–Kier alpha value is -2.34. The van der Waals surface area contributed by atoms with Crippen LogP contribution in [-0.2, 0) is 22.4 Å². The number of rotatable bonds is 3. The highest BCUT2D eigenvalue weighted by molar-refractivity contribution is 5.80. The molecular weight excluding hydrogens is 322 g/mol. The number of aryl methyl sites for hydroxylation is 1. The van der Waals surface area contributed by atoms with Crippen molar-refractivity contribution in [3.05, 3.63) is 45.8 Å². The summed E-state index contributed by atoms with van der Waals surface area (Å²) in [6.45, 7) is 4.73. The first-order valence-electron chi connectivity index (χ1n) is 8.71. The Labute approximate surface area is 145 Å². The van der Waals surface area contributed by atoms with E-state index in [0.717, 1.165) is 43.3 Å². The molecule has 2 saturated heterocycles. The lowest BCUT2D eigenvalue weighted by molar-refractivity contribution is -0.00156. The molecule has 0 N–H and O–H groups in total. The Morgan fingerprint density at radius 3 is 2.64 bits per heavy atom. The fourth-order valence-electron chi connectivity index (χ4n) is 3.66. The van der Waals surface area contributed by atoms with Crippen molar-refractivity contribution in [2.45, 2.75) is 38.3 Å². The van der Waals surface area contributed by atoms with Gasteiger partial charge in [0, 0.05) is 43.9 Å². The molecule has 6 nitrogen and oxygen atoms in total. The Morgan fingerprint density at radius 1 is 1.16 bits per heavy atom. The van der Waals surface area contributed by atoms with Gasteiger partial charge < -0.3 is 13.9 Å². The molecule has 0 radical (unpaired) electrons. The summed E-state index contributed by atoms with van der Waals surface area (Å²) in [5.74, 6) is 0. The van der Waals surface area contributed by atoms with Crippen molar-refractivity contribution in [1.29, 1.82) is 0 Å². The molecule has 0 unspecified atom stereocenters. The number of carbonyl (C=O) groups excluding carboxylic acids is 1. The Bertz CT molecular complexity index is 864. The van der Waals surface area contributed by atoms with E-state index in [4.69, 9.17) is 13.9 Å². The van der Waals surface area contributed by atoms with E-state index in [1.807, 2.05) is 12.1 Å². The summed E-state index contributed by atoms with van der Waals surface area (Å²) < 4.78 is 15.7. The third-order valence-corrected chi connectivity index (χ3v) is 5.21. The summed E-state index contributed by atoms with van der Waals surface area (Å²) in [7, 11) is 0. The van der Waals surface area contributed by atoms with Crippen molar-refractivity contribution < 1.29 is 18.7 Å². The van der Waals surface area contributed by atoms with Gasteiger partial charge in [-0.3, -0.25) is 4.90 Å². The molecule has 2 fully saturated rings. The number of fused-ring (bicyclic) bond motifs is 1. The maximum absolute atomic E-state index is 11.9. The number of piperidine rings is 1. The molecule has 2 aliphatic rings. The van der Waals surface area contributed by atoms with Crippen LogP contribution in [0.5, 0.6) is 0 Å². The largest absolute Gasteiger partial charge is 0.509 e. The van der Waals surface area contributed by atoms with E-state index in [1.165, 1.54) is 5.56 Å². The molecule has 132 valence electrons. The van der Waals surface area contributed by atoms with Crippen LogP contribution in [0.4, 0.5) is 4.79 Å². The number of hydrogen-bond acceptors (Lipinski definition) is 6. The van der Waals surface area contributed by atoms with Crippen LogP contribution < -0.4 is 5.63 Å². The molecule has 0 amide bonds. The van der Waals surface area contributed by atoms with Crippen molar-refractivity contribution in [3.8, 4) is 0 Å². The number of hydrogen-bond donors (Lipinski definition) is 0. The predicted molar refractivity (Wildman–Crippen MR) is 91.5 cm³/mol. The van der Waals surface area contributed by atoms with Gasteiger partial charge in [-0.25, -0.2) is 9.59 Å². The summed E-state index contributed by atoms with van der Waals surface area (Å²) in [6.07, 6.45) is 1.87. The van der Waals surface area contributed by atoms with Gasteiger partial charge in [0.2, 0.25) is 0 Å². The van der Waals surface area contributed by atoms with E-state index in [9.17, 15) is 9.59 Å². The topological polar surface area (TPSA) is 69.0 Å². The first-order chi connectivity index (χ1) is 12.1. The van der Waals surface area contributed by atoms with Gasteiger partial charge in [0.15, 0.2) is 5.60 Å². The molecule has 0 aliphatic carbocycles. The molecule has 2 aliphatic heterocycles. The highest BCUT2D eigenvalue weighted by Crippen LogP contribution is 2.32. The number of carbonyl (C=O) groups is 1. The summed E-state index contributed by atoms with van der Waals surface area (Å²) >= 11 is 0. The van der Waals surface area contributed by atoms with E-state index < -0.39 is 11.8 Å². The van der Waals surface area contributed by atoms with Crippen molar-refractivity contribution in [3.63, 3.8) is 0 Å². The van der Waals surface area contributed by atoms with E-state index in [0.29, 0.717) is 18.7 Å². The van der Waals surface area contributed by atoms with Gasteiger partial charge in [0.05, 0.1) is 0 Å². The van der Waals surface area contributed by atoms with Crippen LogP contribution in [0, 0.1) is 0 Å². The minimum atomic E-state index is -0.563. The second kappa shape index (κ2) is 6.19. The van der Waals surface area contributed by atoms with Gasteiger partial charge in [0.25, 0.3) is 0 Å². The van der Waals surface area contributed by atoms with Crippen LogP contribution in [0.15, 0.2) is 33.5 Å². The molecule has 0 bridgehead atoms. The minimum Gasteiger partial charge on any atom is -0.430 e. The first kappa shape index (κ1) is 16.1. The zero-order chi connectivity index (χ0) is 17.4. The number of nitrogens with zero attached hydrogens (tertiary/aromatic N) is 1. The normalized spacial score (nSPS) is 20.0. The van der Waals surface area contributed by atoms with Crippen LogP contribution in [0.2, 0.25) is 0 Å². The lowest BCUT2D eigenvalue weighted by Gasteiger charge is -2.36. The van der Waals surface area contributed by atoms with Gasteiger partial charge in [-0.05, 0) is 29.7 Å². The van der Waals surface area contributed by atoms with Crippen molar-refractivity contribution >= 4 is 17.1 Å². The summed E-state index contributed by atoms with van der Waals surface area (Å²) in [5, 5.41) is 0.995. The summed E-state index contributed by atoms with van der Waals surface area (Å²) in [6, 6.07) is 7.56. The predicted octanol–water partition coefficient (Wildman–Crippen LogP) is 2.86. The van der Waals surface area contributed by atoms with Crippen LogP contribution in [0.1, 0.15) is 30.9 Å². The molecule has 0 atom stereocenters. The third kappa shape index (κ3) is 3.14. The van der Waals surface area contributed by atoms with Crippen LogP contribution >= 0.6 is 0 Å². The Balaban J connectivity index is 1.55. The monoisotopic (exact) mass is 343 g/mol. The number of likely N-dealkylation sites (tertiary alicyclic amines) is 1. The molecule has 6 heteroatoms. The second-order valence-corrected chi connectivity index (χ2v) is 6.87. The molecule has 4 rings (SSSR count). The zero-order valence-electron chi connectivity index (χ0n) is 14.2. The van der Waals surface area contributed by atoms with Crippen LogP contribution in [0.3, 0.4) is 0 Å². The van der Waals surface area contributed by atoms with E-state index >= 15 is 0 Å². The molecule has 0 saturated carbocycles. The summed E-state index contributed by atoms with van der Waals surface area (Å²) in [4.78, 5) is 25.4. The Morgan fingerprint density at radius 2 is 1.96 bits per heavy atom. The number of cyclic esters (lactones) is 1. The molecule has 25 heavy (non-hydrogen) atoms. The molecule has 1 aromatic carbocycles. The highest BCUT2D eigenvalue weighted by atomic mass is 16.8. The maximum atomic E-state index is 11.9. The van der Waals surface area contributed by atoms with E-state index in [-0.39, 0.29) is 5.63 Å². The number of ether oxygens (including phenoxy) is 2. The fourth-order valence-corrected chi connectivity index (χ4v) is 3.66. The molecule has 1 spiro atoms. The smallest absolute Gasteiger partial charge is 0.430 e. The highest BCUT2D eigenvalue weighted by Gasteiger charge is 2.44. The van der Waals surface area contributed by atoms with Crippen LogP contribution in [-0.4, -0.2) is 36.4 Å². The van der Waals surface area contributed by atoms with Gasteiger partial charge in [-0.1, -0.05) is 13.0 Å². The fraction of sp³-hybridized carbons (Fsp3) is 0.474. The average Bonchev–Trinajstić information content (AvgIpc) is 2.97. The molecule has 2 aromatic rings. The van der Waals surface area contributed by atoms with Crippen LogP contribution in [0.25, 0.3) is 11.0 Å². The number of benzene rings is 1. The van der Waals surface area contributed by atoms with Gasteiger partial charge in [-0.2, -0.15) is 0 Å². The average molecular weight is 343 g/mol. The Kier molecular flexibility index (Phi) is 4.00. The first-order valence-corrected chi connectivity index (χ1v) is 8.71. The molecular formula is C19H21NO5. The lowest BCUT2D eigenvalue weighted by Crippen LogP contribution is -2.45. The van der Waals surface area contributed by atoms with Crippen molar-refractivity contribution in [2.75, 3.05) is 19.7 Å². The third-order valence-electron chi connectivity index (χ3n) is 5.21. The quantitative estimate of drug-likeness (QED) is 0.630. The van der Waals surface area contributed by atoms with Gasteiger partial charge in [0.1, 0.15) is 12.2 Å². The van der Waals surface area contributed by atoms with E-state index in [2.05, 4.69) is 17.9 Å². The zero-order valence-corrected chi connectivity index (χ0v) is 14.2.